The Morgan fingerprint density at radius 1 is 1.11 bits per heavy atom. The fourth-order valence-corrected chi connectivity index (χ4v) is 6.26. The first-order valence-electron chi connectivity index (χ1n) is 11.4. The Hall–Kier alpha value is -3.00. The van der Waals surface area contributed by atoms with Crippen molar-refractivity contribution in [3.63, 3.8) is 0 Å². The highest BCUT2D eigenvalue weighted by molar-refractivity contribution is 7.99. The Balaban J connectivity index is 1.47. The quantitative estimate of drug-likeness (QED) is 0.321. The summed E-state index contributed by atoms with van der Waals surface area (Å²) in [6.45, 7) is 0.372. The maximum atomic E-state index is 13.4. The number of aromatic nitrogens is 4. The van der Waals surface area contributed by atoms with Crippen LogP contribution in [0.3, 0.4) is 0 Å². The summed E-state index contributed by atoms with van der Waals surface area (Å²) in [5.41, 5.74) is -0.345. The largest absolute Gasteiger partial charge is 0.416 e. The molecule has 37 heavy (non-hydrogen) atoms. The van der Waals surface area contributed by atoms with Gasteiger partial charge in [-0.2, -0.15) is 13.2 Å². The minimum atomic E-state index is -4.54. The molecule has 0 amide bonds. The summed E-state index contributed by atoms with van der Waals surface area (Å²) in [7, 11) is -4.03. The predicted molar refractivity (Wildman–Crippen MR) is 132 cm³/mol. The number of thioether (sulfide) groups is 1. The van der Waals surface area contributed by atoms with Crippen LogP contribution in [0.1, 0.15) is 24.2 Å². The van der Waals surface area contributed by atoms with Crippen LogP contribution in [-0.4, -0.2) is 46.6 Å². The highest BCUT2D eigenvalue weighted by Gasteiger charge is 2.31. The SMILES string of the molecule is O=S(=O)(NCc1nnc(SCC2CCCO2)n1-c1cccc(C(F)(F)F)c1)c1cccc2cccnc12. The summed E-state index contributed by atoms with van der Waals surface area (Å²) in [4.78, 5) is 4.18. The lowest BCUT2D eigenvalue weighted by Gasteiger charge is -2.14. The van der Waals surface area contributed by atoms with Crippen LogP contribution >= 0.6 is 11.8 Å². The van der Waals surface area contributed by atoms with Crippen LogP contribution in [0.25, 0.3) is 16.6 Å². The summed E-state index contributed by atoms with van der Waals surface area (Å²) in [5.74, 6) is 0.691. The summed E-state index contributed by atoms with van der Waals surface area (Å²) in [5, 5.41) is 9.28. The van der Waals surface area contributed by atoms with Crippen LogP contribution in [0.2, 0.25) is 0 Å². The molecule has 1 aliphatic rings. The van der Waals surface area contributed by atoms with E-state index in [0.717, 1.165) is 25.0 Å². The Morgan fingerprint density at radius 2 is 1.92 bits per heavy atom. The number of halogens is 3. The van der Waals surface area contributed by atoms with Gasteiger partial charge in [-0.05, 0) is 43.2 Å². The predicted octanol–water partition coefficient (Wildman–Crippen LogP) is 4.58. The van der Waals surface area contributed by atoms with Gasteiger partial charge in [0.15, 0.2) is 11.0 Å². The number of pyridine rings is 1. The van der Waals surface area contributed by atoms with Crippen molar-refractivity contribution in [2.75, 3.05) is 12.4 Å². The van der Waals surface area contributed by atoms with Crippen LogP contribution in [-0.2, 0) is 27.5 Å². The Kier molecular flexibility index (Phi) is 7.21. The molecular formula is C24H22F3N5O3S2. The number of nitrogens with zero attached hydrogens (tertiary/aromatic N) is 4. The molecule has 2 aromatic heterocycles. The molecular weight excluding hydrogens is 527 g/mol. The molecule has 1 unspecified atom stereocenters. The van der Waals surface area contributed by atoms with Gasteiger partial charge in [0, 0.05) is 23.9 Å². The van der Waals surface area contributed by atoms with Crippen molar-refractivity contribution in [1.82, 2.24) is 24.5 Å². The first kappa shape index (κ1) is 25.6. The normalized spacial score (nSPS) is 16.5. The smallest absolute Gasteiger partial charge is 0.377 e. The maximum absolute atomic E-state index is 13.4. The van der Waals surface area contributed by atoms with E-state index in [4.69, 9.17) is 4.74 Å². The number of hydrogen-bond acceptors (Lipinski definition) is 7. The van der Waals surface area contributed by atoms with Crippen molar-refractivity contribution in [3.05, 3.63) is 72.2 Å². The van der Waals surface area contributed by atoms with E-state index in [2.05, 4.69) is 19.9 Å². The molecule has 1 saturated heterocycles. The zero-order chi connectivity index (χ0) is 26.0. The third kappa shape index (κ3) is 5.64. The van der Waals surface area contributed by atoms with E-state index < -0.39 is 21.8 Å². The van der Waals surface area contributed by atoms with Crippen LogP contribution in [0.15, 0.2) is 70.8 Å². The van der Waals surface area contributed by atoms with Crippen LogP contribution < -0.4 is 4.72 Å². The number of fused-ring (bicyclic) bond motifs is 1. The molecule has 1 fully saturated rings. The van der Waals surface area contributed by atoms with E-state index >= 15 is 0 Å². The molecule has 194 valence electrons. The van der Waals surface area contributed by atoms with E-state index in [1.54, 1.807) is 24.3 Å². The molecule has 1 aliphatic heterocycles. The van der Waals surface area contributed by atoms with Gasteiger partial charge < -0.3 is 4.74 Å². The summed E-state index contributed by atoms with van der Waals surface area (Å²) in [6, 6.07) is 13.0. The molecule has 3 heterocycles. The maximum Gasteiger partial charge on any atom is 0.416 e. The first-order chi connectivity index (χ1) is 17.7. The van der Waals surface area contributed by atoms with E-state index in [0.29, 0.717) is 28.4 Å². The highest BCUT2D eigenvalue weighted by atomic mass is 32.2. The van der Waals surface area contributed by atoms with Gasteiger partial charge in [-0.3, -0.25) is 9.55 Å². The average molecular weight is 550 g/mol. The van der Waals surface area contributed by atoms with E-state index in [1.807, 2.05) is 0 Å². The summed E-state index contributed by atoms with van der Waals surface area (Å²) >= 11 is 1.30. The fraction of sp³-hybridized carbons (Fsp3) is 0.292. The molecule has 5 rings (SSSR count). The van der Waals surface area contributed by atoms with Gasteiger partial charge in [0.25, 0.3) is 0 Å². The number of ether oxygens (including phenoxy) is 1. The van der Waals surface area contributed by atoms with Gasteiger partial charge in [0.2, 0.25) is 10.0 Å². The number of hydrogen-bond donors (Lipinski definition) is 1. The van der Waals surface area contributed by atoms with Crippen molar-refractivity contribution in [1.29, 1.82) is 0 Å². The number of benzene rings is 2. The molecule has 0 saturated carbocycles. The topological polar surface area (TPSA) is 99.0 Å². The molecule has 1 atom stereocenters. The van der Waals surface area contributed by atoms with Crippen molar-refractivity contribution in [2.45, 2.75) is 41.7 Å². The van der Waals surface area contributed by atoms with Crippen LogP contribution in [0.5, 0.6) is 0 Å². The minimum Gasteiger partial charge on any atom is -0.377 e. The molecule has 0 bridgehead atoms. The second-order valence-electron chi connectivity index (χ2n) is 8.38. The standard InChI is InChI=1S/C24H22F3N5O3S2/c25-24(26,27)17-7-2-8-18(13-17)32-21(30-31-23(32)36-15-19-9-4-12-35-19)14-29-37(33,34)20-10-1-5-16-6-3-11-28-22(16)20/h1-3,5-8,10-11,13,19,29H,4,9,12,14-15H2. The van der Waals surface area contributed by atoms with Gasteiger partial charge in [0.05, 0.1) is 29.4 Å². The van der Waals surface area contributed by atoms with Crippen molar-refractivity contribution >= 4 is 32.7 Å². The Morgan fingerprint density at radius 3 is 2.70 bits per heavy atom. The summed E-state index contributed by atoms with van der Waals surface area (Å²) < 4.78 is 76.2. The van der Waals surface area contributed by atoms with E-state index in [-0.39, 0.29) is 29.1 Å². The number of rotatable bonds is 8. The molecule has 0 aliphatic carbocycles. The number of para-hydroxylation sites is 1. The number of sulfonamides is 1. The van der Waals surface area contributed by atoms with Crippen LogP contribution in [0, 0.1) is 0 Å². The second-order valence-corrected chi connectivity index (χ2v) is 11.1. The highest BCUT2D eigenvalue weighted by Crippen LogP contribution is 2.32. The first-order valence-corrected chi connectivity index (χ1v) is 13.9. The van der Waals surface area contributed by atoms with E-state index in [1.165, 1.54) is 40.7 Å². The monoisotopic (exact) mass is 549 g/mol. The van der Waals surface area contributed by atoms with Gasteiger partial charge in [-0.1, -0.05) is 36.0 Å². The van der Waals surface area contributed by atoms with Crippen molar-refractivity contribution in [2.24, 2.45) is 0 Å². The number of alkyl halides is 3. The zero-order valence-electron chi connectivity index (χ0n) is 19.4. The van der Waals surface area contributed by atoms with E-state index in [9.17, 15) is 21.6 Å². The lowest BCUT2D eigenvalue weighted by molar-refractivity contribution is -0.137. The average Bonchev–Trinajstić information content (AvgIpc) is 3.55. The molecule has 4 aromatic rings. The minimum absolute atomic E-state index is 0.0104. The lowest BCUT2D eigenvalue weighted by Crippen LogP contribution is -2.25. The lowest BCUT2D eigenvalue weighted by atomic mass is 10.2. The van der Waals surface area contributed by atoms with Gasteiger partial charge in [-0.15, -0.1) is 10.2 Å². The number of nitrogens with one attached hydrogen (secondary N) is 1. The Labute approximate surface area is 215 Å². The van der Waals surface area contributed by atoms with Gasteiger partial charge in [-0.25, -0.2) is 13.1 Å². The van der Waals surface area contributed by atoms with Crippen LogP contribution in [0.4, 0.5) is 13.2 Å². The molecule has 8 nitrogen and oxygen atoms in total. The third-order valence-electron chi connectivity index (χ3n) is 5.86. The van der Waals surface area contributed by atoms with Gasteiger partial charge in [0.1, 0.15) is 4.90 Å². The molecule has 1 N–H and O–H groups in total. The molecule has 2 aromatic carbocycles. The summed E-state index contributed by atoms with van der Waals surface area (Å²) in [6.07, 6.45) is -1.20. The fourth-order valence-electron chi connectivity index (χ4n) is 4.06. The Bertz CT molecular complexity index is 1510. The van der Waals surface area contributed by atoms with Crippen molar-refractivity contribution in [3.8, 4) is 5.69 Å². The molecule has 0 radical (unpaired) electrons. The zero-order valence-corrected chi connectivity index (χ0v) is 21.0. The molecule has 13 heteroatoms. The molecule has 0 spiro atoms. The second kappa shape index (κ2) is 10.4. The van der Waals surface area contributed by atoms with Crippen molar-refractivity contribution < 1.29 is 26.3 Å². The van der Waals surface area contributed by atoms with Gasteiger partial charge >= 0.3 is 6.18 Å². The third-order valence-corrected chi connectivity index (χ3v) is 8.35.